The molecule has 0 bridgehead atoms. The molecule has 1 aromatic carbocycles. The van der Waals surface area contributed by atoms with Gasteiger partial charge in [-0.1, -0.05) is 25.5 Å². The number of likely N-dealkylation sites (tertiary alicyclic amines) is 1. The number of piperidine rings is 1. The minimum atomic E-state index is -0.480. The summed E-state index contributed by atoms with van der Waals surface area (Å²) in [6.45, 7) is 4.77. The molecule has 1 aromatic heterocycles. The van der Waals surface area contributed by atoms with Crippen molar-refractivity contribution in [2.75, 3.05) is 13.1 Å². The van der Waals surface area contributed by atoms with Crippen LogP contribution in [0.15, 0.2) is 36.7 Å². The number of hydrogen-bond acceptors (Lipinski definition) is 3. The van der Waals surface area contributed by atoms with E-state index in [1.54, 1.807) is 16.8 Å². The van der Waals surface area contributed by atoms with Crippen LogP contribution in [0.1, 0.15) is 38.2 Å². The van der Waals surface area contributed by atoms with E-state index in [9.17, 15) is 9.50 Å². The molecule has 4 nitrogen and oxygen atoms in total. The molecule has 2 aromatic rings. The first-order valence-electron chi connectivity index (χ1n) is 9.29. The molecule has 0 spiro atoms. The lowest BCUT2D eigenvalue weighted by Crippen LogP contribution is -2.56. The molecule has 2 aliphatic rings. The summed E-state index contributed by atoms with van der Waals surface area (Å²) in [6, 6.07) is 6.67. The Hall–Kier alpha value is -1.72. The van der Waals surface area contributed by atoms with Gasteiger partial charge in [0, 0.05) is 31.4 Å². The minimum Gasteiger partial charge on any atom is -0.389 e. The zero-order valence-corrected chi connectivity index (χ0v) is 14.7. The van der Waals surface area contributed by atoms with Crippen molar-refractivity contribution in [1.29, 1.82) is 0 Å². The molecule has 1 saturated heterocycles. The number of hydrogen-bond donors (Lipinski definition) is 1. The quantitative estimate of drug-likeness (QED) is 0.925. The highest BCUT2D eigenvalue weighted by Crippen LogP contribution is 2.44. The summed E-state index contributed by atoms with van der Waals surface area (Å²) < 4.78 is 15.5. The highest BCUT2D eigenvalue weighted by atomic mass is 19.1. The Labute approximate surface area is 148 Å². The predicted molar refractivity (Wildman–Crippen MR) is 94.9 cm³/mol. The van der Waals surface area contributed by atoms with Gasteiger partial charge in [0.1, 0.15) is 11.5 Å². The Balaban J connectivity index is 1.41. The maximum atomic E-state index is 13.9. The topological polar surface area (TPSA) is 41.3 Å². The van der Waals surface area contributed by atoms with E-state index in [0.29, 0.717) is 11.6 Å². The third-order valence-electron chi connectivity index (χ3n) is 6.17. The van der Waals surface area contributed by atoms with Gasteiger partial charge < -0.3 is 5.11 Å². The number of aromatic nitrogens is 2. The van der Waals surface area contributed by atoms with Crippen molar-refractivity contribution >= 4 is 0 Å². The van der Waals surface area contributed by atoms with Crippen LogP contribution in [-0.4, -0.2) is 38.5 Å². The summed E-state index contributed by atoms with van der Waals surface area (Å²) in [6.07, 6.45) is 8.17. The van der Waals surface area contributed by atoms with Gasteiger partial charge in [-0.2, -0.15) is 5.10 Å². The third-order valence-corrected chi connectivity index (χ3v) is 6.17. The SMILES string of the molecule is C[C@@H]1CN(Cc2cnn(-c3ccccc3F)c2)CC[C@@]1(O)C1CCC1. The zero-order valence-electron chi connectivity index (χ0n) is 14.7. The molecule has 0 amide bonds. The van der Waals surface area contributed by atoms with Gasteiger partial charge in [-0.05, 0) is 43.2 Å². The molecular weight excluding hydrogens is 317 g/mol. The number of aliphatic hydroxyl groups is 1. The molecule has 1 saturated carbocycles. The van der Waals surface area contributed by atoms with Gasteiger partial charge in [-0.3, -0.25) is 4.90 Å². The van der Waals surface area contributed by atoms with Gasteiger partial charge in [-0.25, -0.2) is 9.07 Å². The van der Waals surface area contributed by atoms with Gasteiger partial charge in [0.25, 0.3) is 0 Å². The van der Waals surface area contributed by atoms with Gasteiger partial charge >= 0.3 is 0 Å². The Morgan fingerprint density at radius 2 is 2.12 bits per heavy atom. The highest BCUT2D eigenvalue weighted by Gasteiger charge is 2.46. The van der Waals surface area contributed by atoms with E-state index in [4.69, 9.17) is 0 Å². The second-order valence-electron chi connectivity index (χ2n) is 7.75. The van der Waals surface area contributed by atoms with Crippen molar-refractivity contribution in [1.82, 2.24) is 14.7 Å². The molecule has 25 heavy (non-hydrogen) atoms. The standard InChI is InChI=1S/C20H26FN3O/c1-15-12-23(10-9-20(15,25)17-5-4-6-17)13-16-11-22-24(14-16)19-8-3-2-7-18(19)21/h2-3,7-8,11,14-15,17,25H,4-6,9-10,12-13H2,1H3/t15-,20+/m1/s1. The lowest BCUT2D eigenvalue weighted by Gasteiger charge is -2.50. The van der Waals surface area contributed by atoms with Crippen molar-refractivity contribution in [3.05, 3.63) is 48.0 Å². The fourth-order valence-corrected chi connectivity index (χ4v) is 4.35. The van der Waals surface area contributed by atoms with Crippen LogP contribution < -0.4 is 0 Å². The van der Waals surface area contributed by atoms with E-state index in [1.165, 1.54) is 25.3 Å². The van der Waals surface area contributed by atoms with E-state index in [0.717, 1.165) is 31.6 Å². The van der Waals surface area contributed by atoms with Crippen LogP contribution in [-0.2, 0) is 6.54 Å². The fraction of sp³-hybridized carbons (Fsp3) is 0.550. The van der Waals surface area contributed by atoms with Gasteiger partial charge in [0.05, 0.1) is 11.8 Å². The average Bonchev–Trinajstić information content (AvgIpc) is 2.98. The summed E-state index contributed by atoms with van der Waals surface area (Å²) in [5, 5.41) is 15.4. The summed E-state index contributed by atoms with van der Waals surface area (Å²) in [5.41, 5.74) is 1.07. The Morgan fingerprint density at radius 1 is 1.32 bits per heavy atom. The predicted octanol–water partition coefficient (Wildman–Crippen LogP) is 3.38. The maximum absolute atomic E-state index is 13.9. The van der Waals surface area contributed by atoms with E-state index >= 15 is 0 Å². The van der Waals surface area contributed by atoms with E-state index in [1.807, 2.05) is 18.5 Å². The van der Waals surface area contributed by atoms with Crippen molar-refractivity contribution in [3.63, 3.8) is 0 Å². The van der Waals surface area contributed by atoms with E-state index in [-0.39, 0.29) is 11.7 Å². The summed E-state index contributed by atoms with van der Waals surface area (Å²) in [4.78, 5) is 2.38. The maximum Gasteiger partial charge on any atom is 0.148 e. The molecule has 0 radical (unpaired) electrons. The van der Waals surface area contributed by atoms with Crippen molar-refractivity contribution in [3.8, 4) is 5.69 Å². The first-order valence-corrected chi connectivity index (χ1v) is 9.29. The number of benzene rings is 1. The first kappa shape index (κ1) is 16.7. The largest absolute Gasteiger partial charge is 0.389 e. The molecule has 4 rings (SSSR count). The Bertz CT molecular complexity index is 742. The minimum absolute atomic E-state index is 0.269. The summed E-state index contributed by atoms with van der Waals surface area (Å²) in [7, 11) is 0. The molecule has 2 atom stereocenters. The third kappa shape index (κ3) is 3.11. The van der Waals surface area contributed by atoms with Crippen LogP contribution in [0.5, 0.6) is 0 Å². The smallest absolute Gasteiger partial charge is 0.148 e. The summed E-state index contributed by atoms with van der Waals surface area (Å²) >= 11 is 0. The zero-order chi connectivity index (χ0) is 17.4. The number of para-hydroxylation sites is 1. The van der Waals surface area contributed by atoms with Crippen molar-refractivity contribution in [2.45, 2.75) is 44.8 Å². The van der Waals surface area contributed by atoms with Gasteiger partial charge in [0.2, 0.25) is 0 Å². The first-order chi connectivity index (χ1) is 12.1. The van der Waals surface area contributed by atoms with Crippen LogP contribution >= 0.6 is 0 Å². The molecular formula is C20H26FN3O. The van der Waals surface area contributed by atoms with Crippen LogP contribution in [0.25, 0.3) is 5.69 Å². The number of rotatable bonds is 4. The van der Waals surface area contributed by atoms with Crippen LogP contribution in [0.2, 0.25) is 0 Å². The molecule has 1 N–H and O–H groups in total. The van der Waals surface area contributed by atoms with Crippen molar-refractivity contribution < 1.29 is 9.50 Å². The Kier molecular flexibility index (Phi) is 4.38. The molecule has 134 valence electrons. The number of halogens is 1. The van der Waals surface area contributed by atoms with Crippen LogP contribution in [0.4, 0.5) is 4.39 Å². The highest BCUT2D eigenvalue weighted by molar-refractivity contribution is 5.32. The summed E-state index contributed by atoms with van der Waals surface area (Å²) in [5.74, 6) is 0.510. The number of nitrogens with zero attached hydrogens (tertiary/aromatic N) is 3. The molecule has 0 unspecified atom stereocenters. The fourth-order valence-electron chi connectivity index (χ4n) is 4.35. The molecule has 2 heterocycles. The van der Waals surface area contributed by atoms with Crippen LogP contribution in [0.3, 0.4) is 0 Å². The molecule has 1 aliphatic carbocycles. The molecule has 5 heteroatoms. The molecule has 1 aliphatic heterocycles. The van der Waals surface area contributed by atoms with E-state index < -0.39 is 5.60 Å². The molecule has 2 fully saturated rings. The van der Waals surface area contributed by atoms with Gasteiger partial charge in [0.15, 0.2) is 0 Å². The van der Waals surface area contributed by atoms with Gasteiger partial charge in [-0.15, -0.1) is 0 Å². The Morgan fingerprint density at radius 3 is 2.80 bits per heavy atom. The average molecular weight is 343 g/mol. The van der Waals surface area contributed by atoms with Crippen LogP contribution in [0, 0.1) is 17.7 Å². The van der Waals surface area contributed by atoms with Crippen molar-refractivity contribution in [2.24, 2.45) is 11.8 Å². The second-order valence-corrected chi connectivity index (χ2v) is 7.75. The monoisotopic (exact) mass is 343 g/mol. The lowest BCUT2D eigenvalue weighted by atomic mass is 9.65. The normalized spacial score (nSPS) is 28.0. The van der Waals surface area contributed by atoms with E-state index in [2.05, 4.69) is 16.9 Å². The lowest BCUT2D eigenvalue weighted by molar-refractivity contribution is -0.128. The second kappa shape index (κ2) is 6.54.